The molecule has 19 heavy (non-hydrogen) atoms. The minimum atomic E-state index is -0.202. The molecular formula is C13H19ClN2O3. The van der Waals surface area contributed by atoms with Crippen molar-refractivity contribution in [3.63, 3.8) is 0 Å². The number of hydrogen-bond acceptors (Lipinski definition) is 4. The average molecular weight is 287 g/mol. The van der Waals surface area contributed by atoms with Crippen LogP contribution in [0.15, 0.2) is 12.1 Å². The number of nitrogens with two attached hydrogens (primary N) is 1. The molecule has 106 valence electrons. The lowest BCUT2D eigenvalue weighted by molar-refractivity contribution is -0.122. The molecule has 0 aromatic heterocycles. The van der Waals surface area contributed by atoms with E-state index in [0.717, 1.165) is 5.56 Å². The second-order valence-corrected chi connectivity index (χ2v) is 4.30. The lowest BCUT2D eigenvalue weighted by atomic mass is 10.1. The van der Waals surface area contributed by atoms with Crippen molar-refractivity contribution in [3.05, 3.63) is 22.7 Å². The molecule has 1 rings (SSSR count). The zero-order valence-corrected chi connectivity index (χ0v) is 11.9. The SMILES string of the molecule is CCNC(=O)COc1c(Cl)cc(CCN)cc1OC. The van der Waals surface area contributed by atoms with Crippen molar-refractivity contribution in [3.8, 4) is 11.5 Å². The zero-order valence-electron chi connectivity index (χ0n) is 11.2. The van der Waals surface area contributed by atoms with Gasteiger partial charge >= 0.3 is 0 Å². The Labute approximate surface area is 118 Å². The Bertz CT molecular complexity index is 438. The Morgan fingerprint density at radius 2 is 2.21 bits per heavy atom. The number of hydrogen-bond donors (Lipinski definition) is 2. The molecular weight excluding hydrogens is 268 g/mol. The summed E-state index contributed by atoms with van der Waals surface area (Å²) in [6, 6.07) is 3.58. The largest absolute Gasteiger partial charge is 0.493 e. The summed E-state index contributed by atoms with van der Waals surface area (Å²) in [6.07, 6.45) is 0.701. The van der Waals surface area contributed by atoms with Gasteiger partial charge < -0.3 is 20.5 Å². The first-order valence-corrected chi connectivity index (χ1v) is 6.46. The molecule has 0 unspecified atom stereocenters. The summed E-state index contributed by atoms with van der Waals surface area (Å²) in [5, 5.41) is 3.05. The average Bonchev–Trinajstić information content (AvgIpc) is 2.37. The van der Waals surface area contributed by atoms with Gasteiger partial charge in [0, 0.05) is 6.54 Å². The molecule has 0 fully saturated rings. The van der Waals surface area contributed by atoms with Crippen molar-refractivity contribution in [1.29, 1.82) is 0 Å². The van der Waals surface area contributed by atoms with Gasteiger partial charge in [-0.2, -0.15) is 0 Å². The summed E-state index contributed by atoms with van der Waals surface area (Å²) in [5.41, 5.74) is 6.47. The topological polar surface area (TPSA) is 73.6 Å². The molecule has 0 aliphatic carbocycles. The third-order valence-corrected chi connectivity index (χ3v) is 2.72. The molecule has 6 heteroatoms. The minimum Gasteiger partial charge on any atom is -0.493 e. The molecule has 5 nitrogen and oxygen atoms in total. The maximum Gasteiger partial charge on any atom is 0.257 e. The van der Waals surface area contributed by atoms with E-state index in [-0.39, 0.29) is 12.5 Å². The highest BCUT2D eigenvalue weighted by molar-refractivity contribution is 6.32. The van der Waals surface area contributed by atoms with Gasteiger partial charge in [0.2, 0.25) is 0 Å². The van der Waals surface area contributed by atoms with Crippen molar-refractivity contribution in [2.45, 2.75) is 13.3 Å². The Morgan fingerprint density at radius 1 is 1.47 bits per heavy atom. The van der Waals surface area contributed by atoms with Gasteiger partial charge in [-0.25, -0.2) is 0 Å². The first-order chi connectivity index (χ1) is 9.12. The van der Waals surface area contributed by atoms with Crippen LogP contribution in [0.4, 0.5) is 0 Å². The summed E-state index contributed by atoms with van der Waals surface area (Å²) in [6.45, 7) is 2.83. The van der Waals surface area contributed by atoms with Gasteiger partial charge in [-0.3, -0.25) is 4.79 Å². The standard InChI is InChI=1S/C13H19ClN2O3/c1-3-16-12(17)8-19-13-10(14)6-9(4-5-15)7-11(13)18-2/h6-7H,3-5,8,15H2,1-2H3,(H,16,17). The number of rotatable bonds is 7. The van der Waals surface area contributed by atoms with E-state index in [1.807, 2.05) is 13.0 Å². The number of halogens is 1. The molecule has 0 bridgehead atoms. The number of nitrogens with one attached hydrogen (secondary N) is 1. The lowest BCUT2D eigenvalue weighted by Gasteiger charge is -2.13. The first kappa shape index (κ1) is 15.6. The van der Waals surface area contributed by atoms with E-state index in [1.54, 1.807) is 6.07 Å². The van der Waals surface area contributed by atoms with E-state index >= 15 is 0 Å². The smallest absolute Gasteiger partial charge is 0.257 e. The highest BCUT2D eigenvalue weighted by Crippen LogP contribution is 2.36. The van der Waals surface area contributed by atoms with Crippen LogP contribution in [-0.2, 0) is 11.2 Å². The number of ether oxygens (including phenoxy) is 2. The third kappa shape index (κ3) is 4.61. The molecule has 0 saturated heterocycles. The number of carbonyl (C=O) groups is 1. The normalized spacial score (nSPS) is 10.1. The van der Waals surface area contributed by atoms with E-state index in [0.29, 0.717) is 36.0 Å². The Balaban J connectivity index is 2.84. The van der Waals surface area contributed by atoms with Gasteiger partial charge in [-0.05, 0) is 37.6 Å². The Hall–Kier alpha value is -1.46. The molecule has 0 aliphatic heterocycles. The predicted octanol–water partition coefficient (Wildman–Crippen LogP) is 1.36. The molecule has 0 aliphatic rings. The number of methoxy groups -OCH3 is 1. The fourth-order valence-corrected chi connectivity index (χ4v) is 1.90. The molecule has 3 N–H and O–H groups in total. The maximum absolute atomic E-state index is 11.4. The van der Waals surface area contributed by atoms with Gasteiger partial charge in [0.05, 0.1) is 12.1 Å². The second kappa shape index (κ2) is 7.86. The Morgan fingerprint density at radius 3 is 2.79 bits per heavy atom. The maximum atomic E-state index is 11.4. The number of likely N-dealkylation sites (N-methyl/N-ethyl adjacent to an activating group) is 1. The molecule has 0 radical (unpaired) electrons. The van der Waals surface area contributed by atoms with Crippen molar-refractivity contribution in [2.75, 3.05) is 26.8 Å². The highest BCUT2D eigenvalue weighted by atomic mass is 35.5. The lowest BCUT2D eigenvalue weighted by Crippen LogP contribution is -2.28. The van der Waals surface area contributed by atoms with E-state index in [1.165, 1.54) is 7.11 Å². The van der Waals surface area contributed by atoms with Gasteiger partial charge in [0.25, 0.3) is 5.91 Å². The summed E-state index contributed by atoms with van der Waals surface area (Å²) in [4.78, 5) is 11.4. The summed E-state index contributed by atoms with van der Waals surface area (Å²) < 4.78 is 10.6. The van der Waals surface area contributed by atoms with Crippen LogP contribution < -0.4 is 20.5 Å². The molecule has 1 aromatic rings. The van der Waals surface area contributed by atoms with Crippen LogP contribution in [-0.4, -0.2) is 32.7 Å². The molecule has 0 saturated carbocycles. The van der Waals surface area contributed by atoms with E-state index < -0.39 is 0 Å². The fraction of sp³-hybridized carbons (Fsp3) is 0.462. The van der Waals surface area contributed by atoms with Crippen molar-refractivity contribution < 1.29 is 14.3 Å². The number of benzene rings is 1. The third-order valence-electron chi connectivity index (χ3n) is 2.44. The fourth-order valence-electron chi connectivity index (χ4n) is 1.61. The van der Waals surface area contributed by atoms with Gasteiger partial charge in [-0.15, -0.1) is 0 Å². The first-order valence-electron chi connectivity index (χ1n) is 6.08. The van der Waals surface area contributed by atoms with Gasteiger partial charge in [0.1, 0.15) is 0 Å². The van der Waals surface area contributed by atoms with E-state index in [2.05, 4.69) is 5.32 Å². The predicted molar refractivity (Wildman–Crippen MR) is 74.9 cm³/mol. The van der Waals surface area contributed by atoms with E-state index in [4.69, 9.17) is 26.8 Å². The van der Waals surface area contributed by atoms with Gasteiger partial charge in [0.15, 0.2) is 18.1 Å². The van der Waals surface area contributed by atoms with Crippen LogP contribution in [0.1, 0.15) is 12.5 Å². The summed E-state index contributed by atoms with van der Waals surface area (Å²) in [5.74, 6) is 0.670. The van der Waals surface area contributed by atoms with Crippen LogP contribution in [0.25, 0.3) is 0 Å². The van der Waals surface area contributed by atoms with Crippen LogP contribution >= 0.6 is 11.6 Å². The second-order valence-electron chi connectivity index (χ2n) is 3.89. The molecule has 0 atom stereocenters. The van der Waals surface area contributed by atoms with Crippen LogP contribution in [0, 0.1) is 0 Å². The highest BCUT2D eigenvalue weighted by Gasteiger charge is 2.13. The molecule has 1 amide bonds. The van der Waals surface area contributed by atoms with Crippen molar-refractivity contribution >= 4 is 17.5 Å². The van der Waals surface area contributed by atoms with Gasteiger partial charge in [-0.1, -0.05) is 11.6 Å². The minimum absolute atomic E-state index is 0.0971. The molecule has 1 aromatic carbocycles. The Kier molecular flexibility index (Phi) is 6.45. The van der Waals surface area contributed by atoms with Crippen LogP contribution in [0.5, 0.6) is 11.5 Å². The van der Waals surface area contributed by atoms with Crippen LogP contribution in [0.2, 0.25) is 5.02 Å². The quantitative estimate of drug-likeness (QED) is 0.794. The zero-order chi connectivity index (χ0) is 14.3. The molecule has 0 spiro atoms. The van der Waals surface area contributed by atoms with Crippen molar-refractivity contribution in [1.82, 2.24) is 5.32 Å². The summed E-state index contributed by atoms with van der Waals surface area (Å²) in [7, 11) is 1.52. The number of amides is 1. The monoisotopic (exact) mass is 286 g/mol. The van der Waals surface area contributed by atoms with E-state index in [9.17, 15) is 4.79 Å². The van der Waals surface area contributed by atoms with Crippen LogP contribution in [0.3, 0.4) is 0 Å². The molecule has 0 heterocycles. The van der Waals surface area contributed by atoms with Crippen molar-refractivity contribution in [2.24, 2.45) is 5.73 Å². The summed E-state index contributed by atoms with van der Waals surface area (Å²) >= 11 is 6.13. The number of carbonyl (C=O) groups excluding carboxylic acids is 1.